The van der Waals surface area contributed by atoms with Gasteiger partial charge in [-0.15, -0.1) is 0 Å². The molecule has 0 saturated carbocycles. The Bertz CT molecular complexity index is 1010. The predicted octanol–water partition coefficient (Wildman–Crippen LogP) is 1.82. The van der Waals surface area contributed by atoms with Crippen LogP contribution in [0, 0.1) is 10.1 Å². The lowest BCUT2D eigenvalue weighted by molar-refractivity contribution is -0.384. The molecule has 144 valence electrons. The summed E-state index contributed by atoms with van der Waals surface area (Å²) in [5.41, 5.74) is 2.08. The number of sulfonamides is 1. The highest BCUT2D eigenvalue weighted by Gasteiger charge is 2.26. The molecule has 2 aromatic carbocycles. The Hall–Kier alpha value is -2.85. The molecule has 0 bridgehead atoms. The Kier molecular flexibility index (Phi) is 4.94. The topological polar surface area (TPSA) is 125 Å². The van der Waals surface area contributed by atoms with Crippen molar-refractivity contribution in [2.45, 2.75) is 17.9 Å². The molecule has 0 unspecified atom stereocenters. The third kappa shape index (κ3) is 3.67. The van der Waals surface area contributed by atoms with E-state index in [2.05, 4.69) is 0 Å². The molecule has 2 aromatic rings. The minimum atomic E-state index is -4.03. The summed E-state index contributed by atoms with van der Waals surface area (Å²) in [6.07, 6.45) is 0.657. The van der Waals surface area contributed by atoms with Crippen molar-refractivity contribution in [3.8, 4) is 11.5 Å². The lowest BCUT2D eigenvalue weighted by atomic mass is 9.98. The van der Waals surface area contributed by atoms with Crippen molar-refractivity contribution in [2.24, 2.45) is 5.14 Å². The average molecular weight is 393 g/mol. The molecule has 0 radical (unpaired) electrons. The summed E-state index contributed by atoms with van der Waals surface area (Å²) in [5, 5.41) is 16.6. The molecule has 0 aliphatic carbocycles. The monoisotopic (exact) mass is 393 g/mol. The molecular weight excluding hydrogens is 374 g/mol. The Morgan fingerprint density at radius 3 is 2.30 bits per heavy atom. The predicted molar refractivity (Wildman–Crippen MR) is 98.8 cm³/mol. The van der Waals surface area contributed by atoms with Crippen LogP contribution in [-0.4, -0.2) is 34.1 Å². The van der Waals surface area contributed by atoms with E-state index >= 15 is 0 Å². The standard InChI is InChI=1S/C17H19N3O6S/c1-25-16-7-11-5-6-19(10-12(11)8-17(16)26-2)14-4-3-13(27(18,23)24)9-15(14)20(21)22/h3-4,7-9H,5-6,10H2,1-2H3,(H2,18,23,24). The Balaban J connectivity index is 2.01. The van der Waals surface area contributed by atoms with E-state index in [9.17, 15) is 18.5 Å². The van der Waals surface area contributed by atoms with Crippen molar-refractivity contribution in [3.05, 3.63) is 51.6 Å². The van der Waals surface area contributed by atoms with Gasteiger partial charge in [0, 0.05) is 19.2 Å². The van der Waals surface area contributed by atoms with Crippen LogP contribution in [0.15, 0.2) is 35.2 Å². The van der Waals surface area contributed by atoms with Crippen LogP contribution in [0.2, 0.25) is 0 Å². The van der Waals surface area contributed by atoms with E-state index in [1.54, 1.807) is 14.2 Å². The highest BCUT2D eigenvalue weighted by molar-refractivity contribution is 7.89. The van der Waals surface area contributed by atoms with E-state index < -0.39 is 14.9 Å². The van der Waals surface area contributed by atoms with Crippen LogP contribution in [0.4, 0.5) is 11.4 Å². The molecule has 0 amide bonds. The first kappa shape index (κ1) is 18.9. The maximum absolute atomic E-state index is 11.5. The average Bonchev–Trinajstić information content (AvgIpc) is 2.65. The number of methoxy groups -OCH3 is 2. The number of fused-ring (bicyclic) bond motifs is 1. The van der Waals surface area contributed by atoms with Crippen LogP contribution >= 0.6 is 0 Å². The van der Waals surface area contributed by atoms with Gasteiger partial charge < -0.3 is 14.4 Å². The van der Waals surface area contributed by atoms with Gasteiger partial charge >= 0.3 is 0 Å². The molecule has 1 aliphatic rings. The van der Waals surface area contributed by atoms with Crippen LogP contribution in [0.5, 0.6) is 11.5 Å². The number of nitrogens with two attached hydrogens (primary N) is 1. The van der Waals surface area contributed by atoms with Crippen LogP contribution < -0.4 is 19.5 Å². The number of hydrogen-bond donors (Lipinski definition) is 1. The number of nitro benzene ring substituents is 1. The summed E-state index contributed by atoms with van der Waals surface area (Å²) in [6.45, 7) is 0.962. The van der Waals surface area contributed by atoms with Gasteiger partial charge in [0.05, 0.1) is 24.0 Å². The zero-order valence-electron chi connectivity index (χ0n) is 14.8. The van der Waals surface area contributed by atoms with Crippen molar-refractivity contribution >= 4 is 21.4 Å². The molecule has 3 rings (SSSR count). The fraction of sp³-hybridized carbons (Fsp3) is 0.294. The van der Waals surface area contributed by atoms with Crippen molar-refractivity contribution in [3.63, 3.8) is 0 Å². The van der Waals surface area contributed by atoms with Crippen LogP contribution in [0.3, 0.4) is 0 Å². The van der Waals surface area contributed by atoms with Crippen LogP contribution in [-0.2, 0) is 23.0 Å². The molecule has 9 nitrogen and oxygen atoms in total. The second kappa shape index (κ2) is 7.05. The van der Waals surface area contributed by atoms with Crippen molar-refractivity contribution in [1.82, 2.24) is 0 Å². The van der Waals surface area contributed by atoms with E-state index in [-0.39, 0.29) is 10.6 Å². The Labute approximate surface area is 156 Å². The minimum Gasteiger partial charge on any atom is -0.493 e. The second-order valence-corrected chi connectivity index (χ2v) is 7.66. The molecule has 1 heterocycles. The van der Waals surface area contributed by atoms with Gasteiger partial charge in [-0.25, -0.2) is 13.6 Å². The number of benzene rings is 2. The number of nitrogens with zero attached hydrogens (tertiary/aromatic N) is 2. The first-order chi connectivity index (χ1) is 12.7. The molecule has 0 spiro atoms. The summed E-state index contributed by atoms with van der Waals surface area (Å²) in [6, 6.07) is 7.45. The number of anilines is 1. The number of nitro groups is 1. The smallest absolute Gasteiger partial charge is 0.293 e. The van der Waals surface area contributed by atoms with Crippen LogP contribution in [0.25, 0.3) is 0 Å². The second-order valence-electron chi connectivity index (χ2n) is 6.10. The maximum Gasteiger partial charge on any atom is 0.293 e. The van der Waals surface area contributed by atoms with Gasteiger partial charge in [0.15, 0.2) is 11.5 Å². The van der Waals surface area contributed by atoms with Gasteiger partial charge in [-0.2, -0.15) is 0 Å². The fourth-order valence-corrected chi connectivity index (χ4v) is 3.72. The van der Waals surface area contributed by atoms with E-state index in [4.69, 9.17) is 14.6 Å². The highest BCUT2D eigenvalue weighted by atomic mass is 32.2. The third-order valence-electron chi connectivity index (χ3n) is 4.53. The third-order valence-corrected chi connectivity index (χ3v) is 5.44. The lowest BCUT2D eigenvalue weighted by Gasteiger charge is -2.31. The Morgan fingerprint density at radius 1 is 1.11 bits per heavy atom. The van der Waals surface area contributed by atoms with Gasteiger partial charge in [0.25, 0.3) is 5.69 Å². The van der Waals surface area contributed by atoms with Crippen molar-refractivity contribution < 1.29 is 22.8 Å². The lowest BCUT2D eigenvalue weighted by Crippen LogP contribution is -2.31. The van der Waals surface area contributed by atoms with Gasteiger partial charge in [-0.1, -0.05) is 0 Å². The molecule has 1 aliphatic heterocycles. The SMILES string of the molecule is COc1cc2c(cc1OC)CN(c1ccc(S(N)(=O)=O)cc1[N+](=O)[O-])CC2. The number of ether oxygens (including phenoxy) is 2. The zero-order valence-corrected chi connectivity index (χ0v) is 15.7. The normalized spacial score (nSPS) is 13.8. The molecular formula is C17H19N3O6S. The molecule has 10 heteroatoms. The summed E-state index contributed by atoms with van der Waals surface area (Å²) >= 11 is 0. The Morgan fingerprint density at radius 2 is 1.74 bits per heavy atom. The molecule has 0 saturated heterocycles. The fourth-order valence-electron chi connectivity index (χ4n) is 3.18. The molecule has 27 heavy (non-hydrogen) atoms. The van der Waals surface area contributed by atoms with Crippen molar-refractivity contribution in [2.75, 3.05) is 25.7 Å². The zero-order chi connectivity index (χ0) is 19.8. The number of hydrogen-bond acceptors (Lipinski definition) is 7. The first-order valence-electron chi connectivity index (χ1n) is 8.04. The molecule has 2 N–H and O–H groups in total. The van der Waals surface area contributed by atoms with Gasteiger partial charge in [-0.05, 0) is 41.8 Å². The van der Waals surface area contributed by atoms with E-state index in [1.165, 1.54) is 12.1 Å². The quantitative estimate of drug-likeness (QED) is 0.607. The maximum atomic E-state index is 11.5. The largest absolute Gasteiger partial charge is 0.493 e. The number of primary sulfonamides is 1. The van der Waals surface area contributed by atoms with E-state index in [1.807, 2.05) is 17.0 Å². The molecule has 0 fully saturated rings. The molecule has 0 atom stereocenters. The van der Waals surface area contributed by atoms with Gasteiger partial charge in [-0.3, -0.25) is 10.1 Å². The summed E-state index contributed by atoms with van der Waals surface area (Å²) in [5.74, 6) is 1.21. The highest BCUT2D eigenvalue weighted by Crippen LogP contribution is 2.37. The van der Waals surface area contributed by atoms with Crippen LogP contribution in [0.1, 0.15) is 11.1 Å². The van der Waals surface area contributed by atoms with E-state index in [0.717, 1.165) is 17.2 Å². The number of rotatable bonds is 5. The minimum absolute atomic E-state index is 0.290. The van der Waals surface area contributed by atoms with Gasteiger partial charge in [0.1, 0.15) is 5.69 Å². The molecule has 0 aromatic heterocycles. The van der Waals surface area contributed by atoms with E-state index in [0.29, 0.717) is 36.7 Å². The van der Waals surface area contributed by atoms with Gasteiger partial charge in [0.2, 0.25) is 10.0 Å². The summed E-state index contributed by atoms with van der Waals surface area (Å²) in [7, 11) is -0.916. The summed E-state index contributed by atoms with van der Waals surface area (Å²) < 4.78 is 33.7. The first-order valence-corrected chi connectivity index (χ1v) is 9.59. The summed E-state index contributed by atoms with van der Waals surface area (Å²) in [4.78, 5) is 12.4. The van der Waals surface area contributed by atoms with Crippen molar-refractivity contribution in [1.29, 1.82) is 0 Å².